The fraction of sp³-hybridized carbons (Fsp3) is 0.320. The zero-order valence-corrected chi connectivity index (χ0v) is 18.0. The Morgan fingerprint density at radius 1 is 0.938 bits per heavy atom. The zero-order chi connectivity index (χ0) is 23.0. The maximum Gasteiger partial charge on any atom is 0.407 e. The van der Waals surface area contributed by atoms with E-state index in [0.29, 0.717) is 19.4 Å². The van der Waals surface area contributed by atoms with Gasteiger partial charge in [0.2, 0.25) is 5.91 Å². The van der Waals surface area contributed by atoms with Crippen molar-refractivity contribution in [3.63, 3.8) is 0 Å². The molecule has 0 fully saturated rings. The number of aliphatic carboxylic acids is 1. The number of nitrogens with one attached hydrogen (secondary N) is 2. The average molecular weight is 439 g/mol. The molecule has 0 heterocycles. The van der Waals surface area contributed by atoms with Crippen molar-refractivity contribution < 1.29 is 24.2 Å². The molecular formula is C25H30N2O5. The van der Waals surface area contributed by atoms with Gasteiger partial charge in [-0.25, -0.2) is 9.59 Å². The summed E-state index contributed by atoms with van der Waals surface area (Å²) in [7, 11) is 0. The molecule has 2 rings (SSSR count). The number of unbranched alkanes of at least 4 members (excludes halogenated alkanes) is 2. The normalized spacial score (nSPS) is 11.6. The summed E-state index contributed by atoms with van der Waals surface area (Å²) in [6, 6.07) is 18.0. The van der Waals surface area contributed by atoms with Gasteiger partial charge in [0.25, 0.3) is 0 Å². The molecule has 0 aliphatic rings. The first kappa shape index (κ1) is 24.7. The second kappa shape index (κ2) is 14.4. The molecule has 1 atom stereocenters. The molecular weight excluding hydrogens is 408 g/mol. The van der Waals surface area contributed by atoms with E-state index in [4.69, 9.17) is 4.74 Å². The van der Waals surface area contributed by atoms with Crippen LogP contribution in [0.4, 0.5) is 4.79 Å². The molecule has 0 aliphatic heterocycles. The van der Waals surface area contributed by atoms with Crippen molar-refractivity contribution in [2.24, 2.45) is 0 Å². The van der Waals surface area contributed by atoms with Crippen LogP contribution in [-0.4, -0.2) is 35.7 Å². The topological polar surface area (TPSA) is 105 Å². The fourth-order valence-corrected chi connectivity index (χ4v) is 2.94. The van der Waals surface area contributed by atoms with Crippen LogP contribution >= 0.6 is 0 Å². The lowest BCUT2D eigenvalue weighted by Gasteiger charge is -2.12. The van der Waals surface area contributed by atoms with E-state index in [9.17, 15) is 19.5 Å². The number of carboxylic acid groups (broad SMARTS) is 1. The van der Waals surface area contributed by atoms with Crippen molar-refractivity contribution in [3.05, 3.63) is 77.9 Å². The lowest BCUT2D eigenvalue weighted by molar-refractivity contribution is -0.141. The number of carboxylic acids is 1. The summed E-state index contributed by atoms with van der Waals surface area (Å²) >= 11 is 0. The molecule has 32 heavy (non-hydrogen) atoms. The fourth-order valence-electron chi connectivity index (χ4n) is 2.94. The highest BCUT2D eigenvalue weighted by atomic mass is 16.5. The quantitative estimate of drug-likeness (QED) is 0.408. The summed E-state index contributed by atoms with van der Waals surface area (Å²) in [5.41, 5.74) is 1.89. The minimum absolute atomic E-state index is 0.213. The van der Waals surface area contributed by atoms with Crippen LogP contribution in [0, 0.1) is 0 Å². The van der Waals surface area contributed by atoms with Crippen LogP contribution in [0.1, 0.15) is 43.2 Å². The standard InChI is InChI=1S/C25H30N2O5/c28-23(27-22(24(29)30)16-10-15-20-11-4-1-5-12-20)17-8-3-9-18-26-25(31)32-19-21-13-6-2-7-14-21/h1-2,4-7,10-15,22H,3,8-9,16-19H2,(H,26,31)(H,27,28)(H,29,30)/b15-10+/t22-/m0/s1. The van der Waals surface area contributed by atoms with E-state index in [0.717, 1.165) is 17.5 Å². The molecule has 7 nitrogen and oxygen atoms in total. The third-order valence-corrected chi connectivity index (χ3v) is 4.68. The van der Waals surface area contributed by atoms with Gasteiger partial charge < -0.3 is 20.5 Å². The van der Waals surface area contributed by atoms with E-state index < -0.39 is 18.1 Å². The molecule has 170 valence electrons. The predicted octanol–water partition coefficient (Wildman–Crippen LogP) is 4.15. The molecule has 0 bridgehead atoms. The van der Waals surface area contributed by atoms with E-state index in [1.807, 2.05) is 66.7 Å². The Morgan fingerprint density at radius 3 is 2.31 bits per heavy atom. The number of benzene rings is 2. The second-order valence-corrected chi connectivity index (χ2v) is 7.31. The summed E-state index contributed by atoms with van der Waals surface area (Å²) in [6.07, 6.45) is 5.61. The number of hydrogen-bond donors (Lipinski definition) is 3. The Hall–Kier alpha value is -3.61. The van der Waals surface area contributed by atoms with Crippen LogP contribution in [0.5, 0.6) is 0 Å². The number of rotatable bonds is 13. The molecule has 2 aromatic carbocycles. The number of carbonyl (C=O) groups is 3. The smallest absolute Gasteiger partial charge is 0.407 e. The van der Waals surface area contributed by atoms with Crippen LogP contribution in [0.3, 0.4) is 0 Å². The van der Waals surface area contributed by atoms with Crippen molar-refractivity contribution in [3.8, 4) is 0 Å². The van der Waals surface area contributed by atoms with Gasteiger partial charge in [-0.05, 0) is 30.4 Å². The maximum absolute atomic E-state index is 12.1. The molecule has 0 saturated heterocycles. The van der Waals surface area contributed by atoms with E-state index in [1.54, 1.807) is 6.08 Å². The Bertz CT molecular complexity index is 868. The molecule has 0 unspecified atom stereocenters. The highest BCUT2D eigenvalue weighted by molar-refractivity contribution is 5.83. The van der Waals surface area contributed by atoms with E-state index in [1.165, 1.54) is 0 Å². The minimum Gasteiger partial charge on any atom is -0.480 e. The number of ether oxygens (including phenoxy) is 1. The van der Waals surface area contributed by atoms with Crippen molar-refractivity contribution in [2.75, 3.05) is 6.54 Å². The van der Waals surface area contributed by atoms with Crippen molar-refractivity contribution in [2.45, 2.75) is 44.8 Å². The molecule has 2 amide bonds. The summed E-state index contributed by atoms with van der Waals surface area (Å²) in [6.45, 7) is 0.676. The van der Waals surface area contributed by atoms with Crippen LogP contribution < -0.4 is 10.6 Å². The highest BCUT2D eigenvalue weighted by Crippen LogP contribution is 2.05. The van der Waals surface area contributed by atoms with Crippen molar-refractivity contribution in [1.29, 1.82) is 0 Å². The van der Waals surface area contributed by atoms with Gasteiger partial charge in [-0.3, -0.25) is 4.79 Å². The Morgan fingerprint density at radius 2 is 1.62 bits per heavy atom. The third kappa shape index (κ3) is 10.4. The highest BCUT2D eigenvalue weighted by Gasteiger charge is 2.18. The SMILES string of the molecule is O=C(CCCCCNC(=O)OCc1ccccc1)N[C@@H](C/C=C/c1ccccc1)C(=O)O. The van der Waals surface area contributed by atoms with Gasteiger partial charge in [0.1, 0.15) is 12.6 Å². The molecule has 0 aliphatic carbocycles. The summed E-state index contributed by atoms with van der Waals surface area (Å²) in [4.78, 5) is 35.1. The summed E-state index contributed by atoms with van der Waals surface area (Å²) < 4.78 is 5.12. The van der Waals surface area contributed by atoms with Gasteiger partial charge in [-0.15, -0.1) is 0 Å². The van der Waals surface area contributed by atoms with Gasteiger partial charge in [-0.1, -0.05) is 79.2 Å². The predicted molar refractivity (Wildman–Crippen MR) is 123 cm³/mol. The molecule has 2 aromatic rings. The minimum atomic E-state index is -1.06. The number of alkyl carbamates (subject to hydrolysis) is 1. The molecule has 0 radical (unpaired) electrons. The van der Waals surface area contributed by atoms with Gasteiger partial charge in [0.05, 0.1) is 0 Å². The van der Waals surface area contributed by atoms with Gasteiger partial charge >= 0.3 is 12.1 Å². The van der Waals surface area contributed by atoms with Gasteiger partial charge in [0, 0.05) is 13.0 Å². The second-order valence-electron chi connectivity index (χ2n) is 7.31. The van der Waals surface area contributed by atoms with E-state index in [-0.39, 0.29) is 25.4 Å². The zero-order valence-electron chi connectivity index (χ0n) is 18.0. The Balaban J connectivity index is 1.55. The molecule has 0 spiro atoms. The summed E-state index contributed by atoms with van der Waals surface area (Å²) in [5, 5.41) is 14.6. The van der Waals surface area contributed by atoms with Crippen LogP contribution in [-0.2, 0) is 20.9 Å². The van der Waals surface area contributed by atoms with E-state index >= 15 is 0 Å². The average Bonchev–Trinajstić information content (AvgIpc) is 2.80. The monoisotopic (exact) mass is 438 g/mol. The molecule has 3 N–H and O–H groups in total. The van der Waals surface area contributed by atoms with Gasteiger partial charge in [0.15, 0.2) is 0 Å². The van der Waals surface area contributed by atoms with Crippen LogP contribution in [0.2, 0.25) is 0 Å². The van der Waals surface area contributed by atoms with Crippen molar-refractivity contribution in [1.82, 2.24) is 10.6 Å². The summed E-state index contributed by atoms with van der Waals surface area (Å²) in [5.74, 6) is -1.35. The van der Waals surface area contributed by atoms with Crippen molar-refractivity contribution >= 4 is 24.0 Å². The van der Waals surface area contributed by atoms with Crippen LogP contribution in [0.15, 0.2) is 66.7 Å². The molecule has 0 aromatic heterocycles. The van der Waals surface area contributed by atoms with E-state index in [2.05, 4.69) is 10.6 Å². The number of hydrogen-bond acceptors (Lipinski definition) is 4. The first-order chi connectivity index (χ1) is 15.5. The van der Waals surface area contributed by atoms with Gasteiger partial charge in [-0.2, -0.15) is 0 Å². The Kier molecular flexibility index (Phi) is 11.1. The number of amides is 2. The number of carbonyl (C=O) groups excluding carboxylic acids is 2. The Labute approximate surface area is 188 Å². The largest absolute Gasteiger partial charge is 0.480 e. The first-order valence-electron chi connectivity index (χ1n) is 10.7. The lowest BCUT2D eigenvalue weighted by Crippen LogP contribution is -2.40. The first-order valence-corrected chi connectivity index (χ1v) is 10.7. The molecule has 0 saturated carbocycles. The van der Waals surface area contributed by atoms with Crippen LogP contribution in [0.25, 0.3) is 6.08 Å². The third-order valence-electron chi connectivity index (χ3n) is 4.68. The molecule has 7 heteroatoms. The lowest BCUT2D eigenvalue weighted by atomic mass is 10.1. The maximum atomic E-state index is 12.1.